The molecular formula is C17H17NO2. The Kier molecular flexibility index (Phi) is 3.26. The van der Waals surface area contributed by atoms with Crippen LogP contribution >= 0.6 is 0 Å². The largest absolute Gasteiger partial charge is 0.366 e. The van der Waals surface area contributed by atoms with Crippen molar-refractivity contribution in [1.29, 1.82) is 0 Å². The third-order valence-electron chi connectivity index (χ3n) is 4.20. The average molecular weight is 267 g/mol. The first-order chi connectivity index (χ1) is 9.74. The molecule has 1 aliphatic rings. The minimum Gasteiger partial charge on any atom is -0.366 e. The van der Waals surface area contributed by atoms with E-state index in [0.29, 0.717) is 11.1 Å². The van der Waals surface area contributed by atoms with Gasteiger partial charge in [0.2, 0.25) is 5.91 Å². The first-order valence-electron chi connectivity index (χ1n) is 7.05. The van der Waals surface area contributed by atoms with Crippen molar-refractivity contribution in [2.45, 2.75) is 32.1 Å². The zero-order valence-electron chi connectivity index (χ0n) is 11.3. The van der Waals surface area contributed by atoms with E-state index in [0.717, 1.165) is 54.7 Å². The molecule has 0 saturated carbocycles. The Hall–Kier alpha value is -2.16. The van der Waals surface area contributed by atoms with Crippen molar-refractivity contribution < 1.29 is 9.59 Å². The Bertz CT molecular complexity index is 704. The molecule has 20 heavy (non-hydrogen) atoms. The summed E-state index contributed by atoms with van der Waals surface area (Å²) in [6.07, 6.45) is 5.87. The minimum atomic E-state index is -0.490. The first-order valence-corrected chi connectivity index (χ1v) is 7.05. The smallest absolute Gasteiger partial charge is 0.249 e. The Morgan fingerprint density at radius 3 is 2.30 bits per heavy atom. The van der Waals surface area contributed by atoms with Crippen molar-refractivity contribution in [3.05, 3.63) is 46.5 Å². The lowest BCUT2D eigenvalue weighted by Crippen LogP contribution is -2.18. The molecule has 3 nitrogen and oxygen atoms in total. The molecule has 0 spiro atoms. The number of hydrogen-bond acceptors (Lipinski definition) is 2. The molecule has 0 atom stereocenters. The number of nitrogens with two attached hydrogens (primary N) is 1. The van der Waals surface area contributed by atoms with E-state index in [1.807, 2.05) is 24.3 Å². The van der Waals surface area contributed by atoms with Gasteiger partial charge < -0.3 is 5.73 Å². The van der Waals surface area contributed by atoms with Crippen molar-refractivity contribution in [3.8, 4) is 0 Å². The van der Waals surface area contributed by atoms with Crippen LogP contribution in [0, 0.1) is 0 Å². The highest BCUT2D eigenvalue weighted by Gasteiger charge is 2.22. The Morgan fingerprint density at radius 1 is 1.00 bits per heavy atom. The molecular weight excluding hydrogens is 250 g/mol. The normalized spacial score (nSPS) is 14.6. The monoisotopic (exact) mass is 267 g/mol. The number of hydrogen-bond donors (Lipinski definition) is 1. The standard InChI is InChI=1S/C17H17NO2/c18-17(20)16-14-9-3-1-2-6-12(14)11-7-4-5-8-13(11)15(16)10-19/h4-5,7-8,10H,1-3,6,9H2,(H2,18,20). The molecule has 3 heteroatoms. The summed E-state index contributed by atoms with van der Waals surface area (Å²) in [7, 11) is 0. The highest BCUT2D eigenvalue weighted by atomic mass is 16.1. The van der Waals surface area contributed by atoms with E-state index < -0.39 is 5.91 Å². The summed E-state index contributed by atoms with van der Waals surface area (Å²) >= 11 is 0. The van der Waals surface area contributed by atoms with Gasteiger partial charge >= 0.3 is 0 Å². The van der Waals surface area contributed by atoms with E-state index in [4.69, 9.17) is 5.73 Å². The fourth-order valence-corrected chi connectivity index (χ4v) is 3.34. The van der Waals surface area contributed by atoms with Gasteiger partial charge in [0, 0.05) is 5.56 Å². The van der Waals surface area contributed by atoms with E-state index in [2.05, 4.69) is 0 Å². The number of amides is 1. The maximum Gasteiger partial charge on any atom is 0.249 e. The molecule has 2 aromatic rings. The van der Waals surface area contributed by atoms with Crippen LogP contribution in [0.4, 0.5) is 0 Å². The van der Waals surface area contributed by atoms with Crippen LogP contribution in [-0.2, 0) is 12.8 Å². The topological polar surface area (TPSA) is 60.2 Å². The Balaban J connectivity index is 2.48. The summed E-state index contributed by atoms with van der Waals surface area (Å²) < 4.78 is 0. The van der Waals surface area contributed by atoms with E-state index in [-0.39, 0.29) is 0 Å². The zero-order valence-corrected chi connectivity index (χ0v) is 11.3. The first kappa shape index (κ1) is 12.9. The van der Waals surface area contributed by atoms with Gasteiger partial charge in [-0.2, -0.15) is 0 Å². The van der Waals surface area contributed by atoms with Crippen LogP contribution in [0.2, 0.25) is 0 Å². The third kappa shape index (κ3) is 1.90. The quantitative estimate of drug-likeness (QED) is 0.671. The van der Waals surface area contributed by atoms with Crippen molar-refractivity contribution in [3.63, 3.8) is 0 Å². The number of fused-ring (bicyclic) bond motifs is 3. The molecule has 1 aliphatic carbocycles. The molecule has 1 amide bonds. The van der Waals surface area contributed by atoms with Crippen LogP contribution in [0.25, 0.3) is 10.8 Å². The maximum atomic E-state index is 11.9. The average Bonchev–Trinajstić information content (AvgIpc) is 2.71. The predicted molar refractivity (Wildman–Crippen MR) is 79.1 cm³/mol. The van der Waals surface area contributed by atoms with Crippen LogP contribution in [0.3, 0.4) is 0 Å². The number of benzene rings is 2. The van der Waals surface area contributed by atoms with Gasteiger partial charge in [-0.15, -0.1) is 0 Å². The molecule has 0 heterocycles. The lowest BCUT2D eigenvalue weighted by molar-refractivity contribution is 0.0992. The number of rotatable bonds is 2. The lowest BCUT2D eigenvalue weighted by atomic mass is 9.87. The second-order valence-electron chi connectivity index (χ2n) is 5.33. The summed E-state index contributed by atoms with van der Waals surface area (Å²) in [5.74, 6) is -0.490. The second-order valence-corrected chi connectivity index (χ2v) is 5.33. The molecule has 0 aromatic heterocycles. The molecule has 0 aliphatic heterocycles. The lowest BCUT2D eigenvalue weighted by Gasteiger charge is -2.17. The van der Waals surface area contributed by atoms with Crippen LogP contribution < -0.4 is 5.73 Å². The van der Waals surface area contributed by atoms with Gasteiger partial charge in [0.05, 0.1) is 5.56 Å². The highest BCUT2D eigenvalue weighted by molar-refractivity contribution is 6.11. The Labute approximate surface area is 117 Å². The SMILES string of the molecule is NC(=O)c1c2c(c3ccccc3c1C=O)CCCCC2. The van der Waals surface area contributed by atoms with E-state index in [1.165, 1.54) is 5.56 Å². The van der Waals surface area contributed by atoms with E-state index in [1.54, 1.807) is 0 Å². The molecule has 2 aromatic carbocycles. The number of primary amides is 1. The molecule has 3 rings (SSSR count). The molecule has 0 bridgehead atoms. The second kappa shape index (κ2) is 5.08. The van der Waals surface area contributed by atoms with E-state index >= 15 is 0 Å². The molecule has 2 N–H and O–H groups in total. The van der Waals surface area contributed by atoms with Crippen LogP contribution in [0.1, 0.15) is 51.1 Å². The van der Waals surface area contributed by atoms with Gasteiger partial charge in [-0.25, -0.2) is 0 Å². The van der Waals surface area contributed by atoms with Crippen molar-refractivity contribution in [2.75, 3.05) is 0 Å². The van der Waals surface area contributed by atoms with Crippen molar-refractivity contribution in [2.24, 2.45) is 5.73 Å². The van der Waals surface area contributed by atoms with Crippen molar-refractivity contribution in [1.82, 2.24) is 0 Å². The summed E-state index contributed by atoms with van der Waals surface area (Å²) in [6.45, 7) is 0. The molecule has 102 valence electrons. The number of carbonyl (C=O) groups excluding carboxylic acids is 2. The minimum absolute atomic E-state index is 0.440. The van der Waals surface area contributed by atoms with Crippen LogP contribution in [0.15, 0.2) is 24.3 Å². The summed E-state index contributed by atoms with van der Waals surface area (Å²) in [4.78, 5) is 23.4. The fourth-order valence-electron chi connectivity index (χ4n) is 3.34. The van der Waals surface area contributed by atoms with Gasteiger partial charge in [-0.3, -0.25) is 9.59 Å². The van der Waals surface area contributed by atoms with E-state index in [9.17, 15) is 9.59 Å². The molecule has 0 saturated heterocycles. The molecule has 0 radical (unpaired) electrons. The molecule has 0 unspecified atom stereocenters. The van der Waals surface area contributed by atoms with Gasteiger partial charge in [0.15, 0.2) is 6.29 Å². The van der Waals surface area contributed by atoms with Crippen LogP contribution in [0.5, 0.6) is 0 Å². The third-order valence-corrected chi connectivity index (χ3v) is 4.20. The van der Waals surface area contributed by atoms with Crippen LogP contribution in [-0.4, -0.2) is 12.2 Å². The number of aldehydes is 1. The summed E-state index contributed by atoms with van der Waals surface area (Å²) in [5.41, 5.74) is 8.65. The van der Waals surface area contributed by atoms with Crippen molar-refractivity contribution >= 4 is 23.0 Å². The maximum absolute atomic E-state index is 11.9. The Morgan fingerprint density at radius 2 is 1.65 bits per heavy atom. The summed E-state index contributed by atoms with van der Waals surface area (Å²) in [5, 5.41) is 1.94. The highest BCUT2D eigenvalue weighted by Crippen LogP contribution is 2.33. The van der Waals surface area contributed by atoms with Gasteiger partial charge in [-0.1, -0.05) is 30.7 Å². The zero-order chi connectivity index (χ0) is 14.1. The predicted octanol–water partition coefficient (Wildman–Crippen LogP) is 3.02. The van der Waals surface area contributed by atoms with Gasteiger partial charge in [-0.05, 0) is 47.6 Å². The van der Waals surface area contributed by atoms with Gasteiger partial charge in [0.1, 0.15) is 0 Å². The number of carbonyl (C=O) groups is 2. The fraction of sp³-hybridized carbons (Fsp3) is 0.294. The molecule has 0 fully saturated rings. The number of aryl methyl sites for hydroxylation is 1. The summed E-state index contributed by atoms with van der Waals surface area (Å²) in [6, 6.07) is 7.81. The van der Waals surface area contributed by atoms with Gasteiger partial charge in [0.25, 0.3) is 0 Å².